The Labute approximate surface area is 98.0 Å². The van der Waals surface area contributed by atoms with Crippen LogP contribution in [0.3, 0.4) is 0 Å². The van der Waals surface area contributed by atoms with E-state index in [0.717, 1.165) is 17.7 Å². The maximum atomic E-state index is 5.61. The fourth-order valence-corrected chi connectivity index (χ4v) is 1.81. The third-order valence-corrected chi connectivity index (χ3v) is 2.50. The van der Waals surface area contributed by atoms with Gasteiger partial charge in [0.2, 0.25) is 0 Å². The van der Waals surface area contributed by atoms with Crippen LogP contribution in [-0.2, 0) is 0 Å². The minimum absolute atomic E-state index is 0.155. The molecule has 0 spiro atoms. The number of hydrazine groups is 1. The second-order valence-corrected chi connectivity index (χ2v) is 4.32. The van der Waals surface area contributed by atoms with Gasteiger partial charge in [-0.3, -0.25) is 11.3 Å². The summed E-state index contributed by atoms with van der Waals surface area (Å²) < 4.78 is 5.61. The van der Waals surface area contributed by atoms with E-state index >= 15 is 0 Å². The maximum Gasteiger partial charge on any atom is 0.124 e. The lowest BCUT2D eigenvalue weighted by molar-refractivity contribution is 0.326. The van der Waals surface area contributed by atoms with Crippen LogP contribution in [-0.4, -0.2) is 6.61 Å². The van der Waals surface area contributed by atoms with Crippen molar-refractivity contribution < 1.29 is 4.74 Å². The zero-order valence-corrected chi connectivity index (χ0v) is 10.4. The molecule has 0 aromatic heterocycles. The summed E-state index contributed by atoms with van der Waals surface area (Å²) in [6.07, 6.45) is 1.00. The summed E-state index contributed by atoms with van der Waals surface area (Å²) >= 11 is 0. The van der Waals surface area contributed by atoms with Crippen molar-refractivity contribution in [3.8, 4) is 5.75 Å². The summed E-state index contributed by atoms with van der Waals surface area (Å²) in [5.41, 5.74) is 4.01. The van der Waals surface area contributed by atoms with Gasteiger partial charge in [-0.2, -0.15) is 0 Å². The van der Waals surface area contributed by atoms with Crippen LogP contribution in [0.4, 0.5) is 0 Å². The van der Waals surface area contributed by atoms with E-state index < -0.39 is 0 Å². The van der Waals surface area contributed by atoms with Crippen LogP contribution in [0.1, 0.15) is 38.8 Å². The topological polar surface area (TPSA) is 47.3 Å². The lowest BCUT2D eigenvalue weighted by atomic mass is 9.97. The largest absolute Gasteiger partial charge is 0.494 e. The molecule has 3 nitrogen and oxygen atoms in total. The highest BCUT2D eigenvalue weighted by molar-refractivity contribution is 5.35. The van der Waals surface area contributed by atoms with Crippen LogP contribution in [0.2, 0.25) is 0 Å². The molecule has 0 radical (unpaired) electrons. The van der Waals surface area contributed by atoms with Crippen LogP contribution < -0.4 is 16.0 Å². The van der Waals surface area contributed by atoms with Crippen LogP contribution in [0.25, 0.3) is 0 Å². The van der Waals surface area contributed by atoms with Gasteiger partial charge < -0.3 is 4.74 Å². The van der Waals surface area contributed by atoms with Crippen LogP contribution in [0.5, 0.6) is 5.75 Å². The van der Waals surface area contributed by atoms with Crippen molar-refractivity contribution in [1.82, 2.24) is 5.43 Å². The van der Waals surface area contributed by atoms with E-state index in [1.165, 1.54) is 0 Å². The first-order valence-corrected chi connectivity index (χ1v) is 5.86. The first-order chi connectivity index (χ1) is 7.69. The highest BCUT2D eigenvalue weighted by atomic mass is 16.5. The molecular formula is C13H22N2O. The quantitative estimate of drug-likeness (QED) is 0.574. The van der Waals surface area contributed by atoms with Gasteiger partial charge in [0.1, 0.15) is 5.75 Å². The fourth-order valence-electron chi connectivity index (χ4n) is 1.81. The number of para-hydroxylation sites is 1. The van der Waals surface area contributed by atoms with Crippen LogP contribution in [0, 0.1) is 5.92 Å². The second-order valence-electron chi connectivity index (χ2n) is 4.32. The summed E-state index contributed by atoms with van der Waals surface area (Å²) in [5.74, 6) is 7.13. The minimum atomic E-state index is 0.155. The van der Waals surface area contributed by atoms with Gasteiger partial charge in [0.15, 0.2) is 0 Å². The molecule has 0 bridgehead atoms. The van der Waals surface area contributed by atoms with Crippen molar-refractivity contribution >= 4 is 0 Å². The Kier molecular flexibility index (Phi) is 5.29. The van der Waals surface area contributed by atoms with Crippen molar-refractivity contribution in [3.05, 3.63) is 29.8 Å². The molecule has 16 heavy (non-hydrogen) atoms. The number of hydrogen-bond acceptors (Lipinski definition) is 3. The van der Waals surface area contributed by atoms with Gasteiger partial charge in [0, 0.05) is 11.6 Å². The molecule has 0 aliphatic heterocycles. The molecule has 0 saturated heterocycles. The minimum Gasteiger partial charge on any atom is -0.494 e. The summed E-state index contributed by atoms with van der Waals surface area (Å²) in [4.78, 5) is 0. The molecule has 0 aliphatic rings. The Balaban J connectivity index is 2.89. The number of rotatable bonds is 6. The lowest BCUT2D eigenvalue weighted by Crippen LogP contribution is -2.29. The number of nitrogens with one attached hydrogen (secondary N) is 1. The first-order valence-electron chi connectivity index (χ1n) is 5.86. The molecule has 1 aromatic carbocycles. The zero-order valence-electron chi connectivity index (χ0n) is 10.4. The van der Waals surface area contributed by atoms with E-state index in [1.54, 1.807) is 0 Å². The van der Waals surface area contributed by atoms with Gasteiger partial charge in [-0.05, 0) is 25.3 Å². The van der Waals surface area contributed by atoms with Gasteiger partial charge >= 0.3 is 0 Å². The van der Waals surface area contributed by atoms with E-state index in [0.29, 0.717) is 12.5 Å². The van der Waals surface area contributed by atoms with Crippen molar-refractivity contribution in [3.63, 3.8) is 0 Å². The van der Waals surface area contributed by atoms with Crippen molar-refractivity contribution in [2.75, 3.05) is 6.61 Å². The molecule has 3 heteroatoms. The number of ether oxygens (including phenoxy) is 1. The summed E-state index contributed by atoms with van der Waals surface area (Å²) in [7, 11) is 0. The SMILES string of the molecule is CCOc1ccccc1C(CC(C)C)NN. The Morgan fingerprint density at radius 3 is 2.56 bits per heavy atom. The highest BCUT2D eigenvalue weighted by Crippen LogP contribution is 2.28. The van der Waals surface area contributed by atoms with Crippen molar-refractivity contribution in [2.45, 2.75) is 33.2 Å². The zero-order chi connectivity index (χ0) is 12.0. The first kappa shape index (κ1) is 13.0. The van der Waals surface area contributed by atoms with Gasteiger partial charge in [0.05, 0.1) is 6.61 Å². The van der Waals surface area contributed by atoms with E-state index in [2.05, 4.69) is 25.3 Å². The predicted octanol–water partition coefficient (Wildman–Crippen LogP) is 2.64. The molecule has 90 valence electrons. The third-order valence-electron chi connectivity index (χ3n) is 2.50. The molecule has 0 saturated carbocycles. The normalized spacial score (nSPS) is 12.8. The van der Waals surface area contributed by atoms with Crippen LogP contribution in [0.15, 0.2) is 24.3 Å². The molecule has 0 aliphatic carbocycles. The van der Waals surface area contributed by atoms with Crippen molar-refractivity contribution in [2.24, 2.45) is 11.8 Å². The number of nitrogens with two attached hydrogens (primary N) is 1. The van der Waals surface area contributed by atoms with E-state index in [-0.39, 0.29) is 6.04 Å². The fraction of sp³-hybridized carbons (Fsp3) is 0.538. The molecule has 1 unspecified atom stereocenters. The van der Waals surface area contributed by atoms with E-state index in [9.17, 15) is 0 Å². The number of hydrogen-bond donors (Lipinski definition) is 2. The number of benzene rings is 1. The molecule has 1 rings (SSSR count). The molecule has 0 amide bonds. The molecule has 1 aromatic rings. The average molecular weight is 222 g/mol. The Bertz CT molecular complexity index is 313. The summed E-state index contributed by atoms with van der Waals surface area (Å²) in [5, 5.41) is 0. The average Bonchev–Trinajstić information content (AvgIpc) is 2.27. The molecular weight excluding hydrogens is 200 g/mol. The molecule has 0 heterocycles. The monoisotopic (exact) mass is 222 g/mol. The smallest absolute Gasteiger partial charge is 0.124 e. The van der Waals surface area contributed by atoms with Gasteiger partial charge in [-0.25, -0.2) is 0 Å². The second kappa shape index (κ2) is 6.51. The molecule has 0 fully saturated rings. The summed E-state index contributed by atoms with van der Waals surface area (Å²) in [6.45, 7) is 7.04. The summed E-state index contributed by atoms with van der Waals surface area (Å²) in [6, 6.07) is 8.21. The van der Waals surface area contributed by atoms with Crippen LogP contribution >= 0.6 is 0 Å². The third kappa shape index (κ3) is 3.51. The Morgan fingerprint density at radius 2 is 2.00 bits per heavy atom. The van der Waals surface area contributed by atoms with E-state index in [4.69, 9.17) is 10.6 Å². The Morgan fingerprint density at radius 1 is 1.31 bits per heavy atom. The predicted molar refractivity (Wildman–Crippen MR) is 67.1 cm³/mol. The van der Waals surface area contributed by atoms with E-state index in [1.807, 2.05) is 25.1 Å². The maximum absolute atomic E-state index is 5.61. The van der Waals surface area contributed by atoms with Gasteiger partial charge in [-0.1, -0.05) is 32.0 Å². The Hall–Kier alpha value is -1.06. The standard InChI is InChI=1S/C13H22N2O/c1-4-16-13-8-6-5-7-11(13)12(15-14)9-10(2)3/h5-8,10,12,15H,4,9,14H2,1-3H3. The molecule has 3 N–H and O–H groups in total. The molecule has 1 atom stereocenters. The highest BCUT2D eigenvalue weighted by Gasteiger charge is 2.15. The van der Waals surface area contributed by atoms with Gasteiger partial charge in [0.25, 0.3) is 0 Å². The van der Waals surface area contributed by atoms with Crippen molar-refractivity contribution in [1.29, 1.82) is 0 Å². The van der Waals surface area contributed by atoms with Gasteiger partial charge in [-0.15, -0.1) is 0 Å². The lowest BCUT2D eigenvalue weighted by Gasteiger charge is -2.21.